The van der Waals surface area contributed by atoms with E-state index in [1.165, 1.54) is 0 Å². The lowest BCUT2D eigenvalue weighted by Crippen LogP contribution is -2.61. The summed E-state index contributed by atoms with van der Waals surface area (Å²) in [6.45, 7) is -3.81. The lowest BCUT2D eigenvalue weighted by Gasteiger charge is -2.42. The van der Waals surface area contributed by atoms with Crippen LogP contribution in [0.3, 0.4) is 0 Å². The minimum absolute atomic E-state index is 0. The largest absolute Gasteiger partial charge is 0.412 e. The third-order valence-corrected chi connectivity index (χ3v) is 5.55. The van der Waals surface area contributed by atoms with Crippen molar-refractivity contribution in [2.75, 3.05) is 33.0 Å². The van der Waals surface area contributed by atoms with E-state index in [0.29, 0.717) is 0 Å². The molecule has 218 valence electrons. The van der Waals surface area contributed by atoms with E-state index in [0.717, 1.165) is 0 Å². The van der Waals surface area contributed by atoms with Crippen LogP contribution in [0.15, 0.2) is 0 Å². The fraction of sp³-hybridized carbons (Fsp3) is 1.00. The normalized spacial score (nSPS) is 39.8. The molecule has 36 heavy (non-hydrogen) atoms. The highest BCUT2D eigenvalue weighted by molar-refractivity contribution is 4.95. The molecule has 0 unspecified atom stereocenters. The molecule has 0 spiro atoms. The topological polar surface area (TPSA) is 342 Å². The summed E-state index contributed by atoms with van der Waals surface area (Å²) < 4.78 is 14.8. The Balaban J connectivity index is 0.000000794. The smallest absolute Gasteiger partial charge is 0.219 e. The van der Waals surface area contributed by atoms with Crippen LogP contribution < -0.4 is 0 Å². The molecule has 0 amide bonds. The Morgan fingerprint density at radius 3 is 1.64 bits per heavy atom. The highest BCUT2D eigenvalue weighted by Gasteiger charge is 2.52. The fourth-order valence-corrected chi connectivity index (χ4v) is 3.31. The standard InChI is InChI=1S/C12H24O11.C6H12O6.H2O/c13-1-4(16)7(18)11(5(17)2-14)23-12-10(21)9(20)8(19)6(3-15)22-12;7-1-3-4(9)5(10)6(11,2-8)12-3;/h4-21H,1-3H2;3-5,7-11H,1-2H2;1H2/t4-,5+,6+,7+,8-,9-,10+,11+,12-;3-,4-,5+,6-;/m01./s1. The molecule has 0 bridgehead atoms. The molecule has 2 heterocycles. The second kappa shape index (κ2) is 15.6. The predicted molar refractivity (Wildman–Crippen MR) is 110 cm³/mol. The van der Waals surface area contributed by atoms with E-state index < -0.39 is 112 Å². The zero-order valence-electron chi connectivity index (χ0n) is 18.9. The molecule has 2 saturated heterocycles. The van der Waals surface area contributed by atoms with Crippen molar-refractivity contribution in [3.05, 3.63) is 0 Å². The molecule has 0 aromatic carbocycles. The van der Waals surface area contributed by atoms with Gasteiger partial charge in [0.1, 0.15) is 67.1 Å². The number of aliphatic hydroxyl groups excluding tert-OH is 13. The van der Waals surface area contributed by atoms with Crippen LogP contribution in [0.4, 0.5) is 0 Å². The maximum Gasteiger partial charge on any atom is 0.219 e. The van der Waals surface area contributed by atoms with E-state index in [1.807, 2.05) is 0 Å². The van der Waals surface area contributed by atoms with Crippen LogP contribution in [0.5, 0.6) is 0 Å². The van der Waals surface area contributed by atoms with E-state index in [2.05, 4.69) is 4.74 Å². The molecule has 0 radical (unpaired) electrons. The number of hydrogen-bond donors (Lipinski definition) is 14. The van der Waals surface area contributed by atoms with Gasteiger partial charge in [-0.15, -0.1) is 0 Å². The van der Waals surface area contributed by atoms with E-state index >= 15 is 0 Å². The average Bonchev–Trinajstić information content (AvgIpc) is 3.09. The molecule has 16 N–H and O–H groups in total. The molecule has 18 nitrogen and oxygen atoms in total. The number of rotatable bonds is 10. The monoisotopic (exact) mass is 542 g/mol. The summed E-state index contributed by atoms with van der Waals surface area (Å²) in [5, 5.41) is 130. The zero-order valence-corrected chi connectivity index (χ0v) is 18.9. The summed E-state index contributed by atoms with van der Waals surface area (Å²) in [6, 6.07) is 0. The van der Waals surface area contributed by atoms with Gasteiger partial charge >= 0.3 is 0 Å². The maximum atomic E-state index is 9.83. The minimum atomic E-state index is -2.16. The Morgan fingerprint density at radius 1 is 0.722 bits per heavy atom. The third-order valence-electron chi connectivity index (χ3n) is 5.55. The molecule has 13 atom stereocenters. The quantitative estimate of drug-likeness (QED) is 0.122. The van der Waals surface area contributed by atoms with E-state index in [-0.39, 0.29) is 5.48 Å². The van der Waals surface area contributed by atoms with Gasteiger partial charge in [-0.2, -0.15) is 0 Å². The Bertz CT molecular complexity index is 598. The van der Waals surface area contributed by atoms with Gasteiger partial charge in [0.15, 0.2) is 6.29 Å². The summed E-state index contributed by atoms with van der Waals surface area (Å²) >= 11 is 0. The fourth-order valence-electron chi connectivity index (χ4n) is 3.31. The van der Waals surface area contributed by atoms with Crippen molar-refractivity contribution in [2.45, 2.75) is 79.2 Å². The maximum absolute atomic E-state index is 9.83. The number of ether oxygens (including phenoxy) is 3. The SMILES string of the molecule is O.OC[C@@H](O)[C@@H](O[C@@H]1O[C@H](CO)[C@H](O)[C@H](O)[C@H]1O)[C@H](O)[C@@H](O)CO.OC[C@H]1O[C@](O)(CO)[C@@H](O)[C@@H]1O. The van der Waals surface area contributed by atoms with Crippen molar-refractivity contribution in [2.24, 2.45) is 0 Å². The molecule has 0 saturated carbocycles. The van der Waals surface area contributed by atoms with Crippen molar-refractivity contribution in [1.29, 1.82) is 0 Å². The van der Waals surface area contributed by atoms with E-state index in [1.54, 1.807) is 0 Å². The van der Waals surface area contributed by atoms with Gasteiger partial charge in [-0.3, -0.25) is 0 Å². The summed E-state index contributed by atoms with van der Waals surface area (Å²) in [4.78, 5) is 0. The molecular formula is C18H38O18. The van der Waals surface area contributed by atoms with Crippen LogP contribution in [0, 0.1) is 0 Å². The van der Waals surface area contributed by atoms with Gasteiger partial charge in [-0.1, -0.05) is 0 Å². The molecule has 0 aromatic heterocycles. The van der Waals surface area contributed by atoms with Crippen LogP contribution >= 0.6 is 0 Å². The summed E-state index contributed by atoms with van der Waals surface area (Å²) in [7, 11) is 0. The van der Waals surface area contributed by atoms with Gasteiger partial charge in [0.2, 0.25) is 5.79 Å². The van der Waals surface area contributed by atoms with Gasteiger partial charge in [-0.25, -0.2) is 0 Å². The van der Waals surface area contributed by atoms with Crippen molar-refractivity contribution < 1.29 is 91.2 Å². The van der Waals surface area contributed by atoms with Gasteiger partial charge in [0.25, 0.3) is 0 Å². The first kappa shape index (κ1) is 35.3. The average molecular weight is 542 g/mol. The molecule has 18 heteroatoms. The molecule has 0 aromatic rings. The Morgan fingerprint density at radius 2 is 1.25 bits per heavy atom. The van der Waals surface area contributed by atoms with Crippen LogP contribution in [0.2, 0.25) is 0 Å². The first-order valence-corrected chi connectivity index (χ1v) is 10.5. The minimum Gasteiger partial charge on any atom is -0.412 e. The van der Waals surface area contributed by atoms with Gasteiger partial charge < -0.3 is 91.2 Å². The highest BCUT2D eigenvalue weighted by Crippen LogP contribution is 2.28. The Kier molecular flexibility index (Phi) is 15.3. The summed E-state index contributed by atoms with van der Waals surface area (Å²) in [5.74, 6) is -2.16. The predicted octanol–water partition coefficient (Wildman–Crippen LogP) is -9.81. The third kappa shape index (κ3) is 8.14. The summed E-state index contributed by atoms with van der Waals surface area (Å²) in [6.07, 6.45) is -19.1. The molecule has 0 aliphatic carbocycles. The molecular weight excluding hydrogens is 504 g/mol. The lowest BCUT2D eigenvalue weighted by molar-refractivity contribution is -0.327. The number of hydrogen-bond acceptors (Lipinski definition) is 17. The molecule has 2 fully saturated rings. The Labute approximate surface area is 204 Å². The second-order valence-electron chi connectivity index (χ2n) is 8.07. The van der Waals surface area contributed by atoms with Gasteiger partial charge in [0, 0.05) is 0 Å². The van der Waals surface area contributed by atoms with Crippen molar-refractivity contribution in [3.63, 3.8) is 0 Å². The van der Waals surface area contributed by atoms with Crippen LogP contribution in [-0.4, -0.2) is 189 Å². The van der Waals surface area contributed by atoms with Crippen LogP contribution in [0.25, 0.3) is 0 Å². The molecule has 2 rings (SSSR count). The zero-order chi connectivity index (χ0) is 27.1. The van der Waals surface area contributed by atoms with Gasteiger partial charge in [0.05, 0.1) is 33.0 Å². The van der Waals surface area contributed by atoms with Crippen LogP contribution in [-0.2, 0) is 14.2 Å². The van der Waals surface area contributed by atoms with Crippen molar-refractivity contribution in [3.8, 4) is 0 Å². The second-order valence-corrected chi connectivity index (χ2v) is 8.07. The van der Waals surface area contributed by atoms with Crippen LogP contribution in [0.1, 0.15) is 0 Å². The first-order chi connectivity index (χ1) is 16.3. The van der Waals surface area contributed by atoms with E-state index in [9.17, 15) is 35.7 Å². The molecule has 2 aliphatic rings. The van der Waals surface area contributed by atoms with Crippen molar-refractivity contribution in [1.82, 2.24) is 0 Å². The summed E-state index contributed by atoms with van der Waals surface area (Å²) in [5.41, 5.74) is 0. The van der Waals surface area contributed by atoms with Crippen molar-refractivity contribution >= 4 is 0 Å². The highest BCUT2D eigenvalue weighted by atomic mass is 16.7. The van der Waals surface area contributed by atoms with E-state index in [4.69, 9.17) is 45.2 Å². The molecule has 2 aliphatic heterocycles. The first-order valence-electron chi connectivity index (χ1n) is 10.5. The number of aliphatic hydroxyl groups is 14. The Hall–Kier alpha value is -0.720. The lowest BCUT2D eigenvalue weighted by atomic mass is 9.98. The van der Waals surface area contributed by atoms with Gasteiger partial charge in [-0.05, 0) is 0 Å².